The van der Waals surface area contributed by atoms with Crippen molar-refractivity contribution in [2.45, 2.75) is 18.8 Å². The third-order valence-electron chi connectivity index (χ3n) is 5.11. The lowest BCUT2D eigenvalue weighted by Crippen LogP contribution is -2.38. The van der Waals surface area contributed by atoms with E-state index in [1.54, 1.807) is 0 Å². The number of benzene rings is 1. The molecule has 1 aromatic carbocycles. The van der Waals surface area contributed by atoms with Gasteiger partial charge in [-0.1, -0.05) is 24.3 Å². The van der Waals surface area contributed by atoms with Crippen molar-refractivity contribution in [1.82, 2.24) is 0 Å². The van der Waals surface area contributed by atoms with E-state index in [4.69, 9.17) is 15.2 Å². The Morgan fingerprint density at radius 1 is 1.23 bits per heavy atom. The maximum absolute atomic E-state index is 9.94. The van der Waals surface area contributed by atoms with E-state index in [-0.39, 0.29) is 5.84 Å². The average Bonchev–Trinajstić information content (AvgIpc) is 2.76. The van der Waals surface area contributed by atoms with E-state index in [1.807, 2.05) is 31.2 Å². The Bertz CT molecular complexity index is 784. The van der Waals surface area contributed by atoms with Crippen molar-refractivity contribution < 1.29 is 9.47 Å². The van der Waals surface area contributed by atoms with Gasteiger partial charge >= 0.3 is 0 Å². The maximum Gasteiger partial charge on any atom is 0.293 e. The molecule has 2 fully saturated rings. The molecule has 1 aromatic rings. The molecule has 0 radical (unpaired) electrons. The number of nitrogens with two attached hydrogens (primary N) is 1. The molecule has 6 heteroatoms. The van der Waals surface area contributed by atoms with Crippen molar-refractivity contribution in [3.8, 4) is 12.1 Å². The standard InChI is InChI=1S/C16H14N4O2/c1-10-4-2-3-5-11(10)12-14(8-17)13(19)20-16(15(12,14)9-18)21-6-7-22-16/h2-5,12H,6-7H2,1H3,(H2,19,20)/t12-,14-,15-/m1/s1. The van der Waals surface area contributed by atoms with Crippen LogP contribution in [0.25, 0.3) is 0 Å². The molecule has 0 bridgehead atoms. The summed E-state index contributed by atoms with van der Waals surface area (Å²) < 4.78 is 11.4. The van der Waals surface area contributed by atoms with Crippen LogP contribution in [0.5, 0.6) is 0 Å². The maximum atomic E-state index is 9.94. The van der Waals surface area contributed by atoms with Gasteiger partial charge < -0.3 is 15.2 Å². The largest absolute Gasteiger partial charge is 0.386 e. The summed E-state index contributed by atoms with van der Waals surface area (Å²) in [5, 5.41) is 19.8. The molecule has 1 saturated heterocycles. The fourth-order valence-electron chi connectivity index (χ4n) is 4.10. The zero-order valence-corrected chi connectivity index (χ0v) is 12.0. The van der Waals surface area contributed by atoms with Crippen molar-refractivity contribution in [1.29, 1.82) is 10.5 Å². The number of hydrogen-bond acceptors (Lipinski definition) is 6. The molecule has 0 amide bonds. The Labute approximate surface area is 127 Å². The molecule has 0 unspecified atom stereocenters. The van der Waals surface area contributed by atoms with Crippen LogP contribution in [0.4, 0.5) is 0 Å². The summed E-state index contributed by atoms with van der Waals surface area (Å²) in [5.41, 5.74) is 5.60. The zero-order chi connectivity index (χ0) is 15.6. The normalized spacial score (nSPS) is 37.2. The molecule has 110 valence electrons. The van der Waals surface area contributed by atoms with Crippen LogP contribution in [0.2, 0.25) is 0 Å². The smallest absolute Gasteiger partial charge is 0.293 e. The SMILES string of the molecule is Cc1ccccc1[C@@H]1[C@]2(C#N)C(N)=NC3(OCCO3)[C@]12C#N. The minimum absolute atomic E-state index is 0.131. The van der Waals surface area contributed by atoms with Gasteiger partial charge in [-0.05, 0) is 18.1 Å². The van der Waals surface area contributed by atoms with Crippen LogP contribution in [0.1, 0.15) is 17.0 Å². The van der Waals surface area contributed by atoms with Crippen LogP contribution >= 0.6 is 0 Å². The summed E-state index contributed by atoms with van der Waals surface area (Å²) in [6.45, 7) is 2.63. The lowest BCUT2D eigenvalue weighted by atomic mass is 9.93. The Morgan fingerprint density at radius 2 is 1.91 bits per heavy atom. The predicted molar refractivity (Wildman–Crippen MR) is 76.3 cm³/mol. The average molecular weight is 294 g/mol. The third-order valence-corrected chi connectivity index (χ3v) is 5.11. The summed E-state index contributed by atoms with van der Waals surface area (Å²) in [6.07, 6.45) is 0. The molecular weight excluding hydrogens is 280 g/mol. The number of ether oxygens (including phenoxy) is 2. The number of amidine groups is 1. The molecular formula is C16H14N4O2. The van der Waals surface area contributed by atoms with Crippen molar-refractivity contribution >= 4 is 5.84 Å². The first-order valence-corrected chi connectivity index (χ1v) is 7.11. The van der Waals surface area contributed by atoms with E-state index < -0.39 is 22.7 Å². The first kappa shape index (κ1) is 13.3. The van der Waals surface area contributed by atoms with E-state index >= 15 is 0 Å². The number of aliphatic imine (C=N–C) groups is 1. The topological polar surface area (TPSA) is 104 Å². The first-order chi connectivity index (χ1) is 10.6. The number of nitrogens with zero attached hydrogens (tertiary/aromatic N) is 3. The van der Waals surface area contributed by atoms with E-state index in [1.165, 1.54) is 0 Å². The molecule has 3 atom stereocenters. The molecule has 1 spiro atoms. The second-order valence-corrected chi connectivity index (χ2v) is 5.91. The van der Waals surface area contributed by atoms with Crippen LogP contribution in [0.15, 0.2) is 29.3 Å². The predicted octanol–water partition coefficient (Wildman–Crippen LogP) is 1.18. The molecule has 3 aliphatic rings. The van der Waals surface area contributed by atoms with Crippen molar-refractivity contribution in [2.75, 3.05) is 13.2 Å². The molecule has 6 nitrogen and oxygen atoms in total. The number of hydrogen-bond donors (Lipinski definition) is 1. The molecule has 4 rings (SSSR count). The fraction of sp³-hybridized carbons (Fsp3) is 0.438. The van der Waals surface area contributed by atoms with Gasteiger partial charge in [0.05, 0.1) is 25.4 Å². The van der Waals surface area contributed by atoms with E-state index in [2.05, 4.69) is 17.1 Å². The number of rotatable bonds is 1. The first-order valence-electron chi connectivity index (χ1n) is 7.11. The number of fused-ring (bicyclic) bond motifs is 2. The molecule has 2 heterocycles. The molecule has 2 N–H and O–H groups in total. The molecule has 2 aliphatic heterocycles. The molecule has 1 aliphatic carbocycles. The molecule has 22 heavy (non-hydrogen) atoms. The van der Waals surface area contributed by atoms with Crippen LogP contribution in [-0.2, 0) is 9.47 Å². The number of nitriles is 2. The fourth-order valence-corrected chi connectivity index (χ4v) is 4.10. The Hall–Kier alpha value is -2.41. The van der Waals surface area contributed by atoms with Gasteiger partial charge in [0.2, 0.25) is 0 Å². The minimum atomic E-state index is -1.45. The summed E-state index contributed by atoms with van der Waals surface area (Å²) in [6, 6.07) is 12.2. The highest BCUT2D eigenvalue weighted by Gasteiger charge is 2.94. The lowest BCUT2D eigenvalue weighted by Gasteiger charge is -2.26. The highest BCUT2D eigenvalue weighted by molar-refractivity contribution is 6.00. The van der Waals surface area contributed by atoms with E-state index in [9.17, 15) is 10.5 Å². The van der Waals surface area contributed by atoms with Gasteiger partial charge in [0.25, 0.3) is 5.91 Å². The van der Waals surface area contributed by atoms with Gasteiger partial charge in [-0.15, -0.1) is 0 Å². The monoisotopic (exact) mass is 294 g/mol. The zero-order valence-electron chi connectivity index (χ0n) is 12.0. The van der Waals surface area contributed by atoms with Gasteiger partial charge in [0.1, 0.15) is 11.3 Å². The molecule has 1 saturated carbocycles. The summed E-state index contributed by atoms with van der Waals surface area (Å²) in [7, 11) is 0. The highest BCUT2D eigenvalue weighted by Crippen LogP contribution is 2.82. The highest BCUT2D eigenvalue weighted by atomic mass is 16.8. The second-order valence-electron chi connectivity index (χ2n) is 5.91. The van der Waals surface area contributed by atoms with Gasteiger partial charge in [-0.25, -0.2) is 4.99 Å². The van der Waals surface area contributed by atoms with Crippen LogP contribution in [0.3, 0.4) is 0 Å². The Kier molecular flexibility index (Phi) is 2.33. The van der Waals surface area contributed by atoms with E-state index in [0.29, 0.717) is 13.2 Å². The second kappa shape index (κ2) is 3.86. The van der Waals surface area contributed by atoms with Gasteiger partial charge in [0, 0.05) is 5.92 Å². The Balaban J connectivity index is 1.97. The van der Waals surface area contributed by atoms with Crippen molar-refractivity contribution in [3.05, 3.63) is 35.4 Å². The third kappa shape index (κ3) is 1.09. The summed E-state index contributed by atoms with van der Waals surface area (Å²) in [5.74, 6) is -1.72. The van der Waals surface area contributed by atoms with Gasteiger partial charge in [0.15, 0.2) is 5.41 Å². The number of aryl methyl sites for hydroxylation is 1. The van der Waals surface area contributed by atoms with Crippen LogP contribution in [-0.4, -0.2) is 25.0 Å². The quantitative estimate of drug-likeness (QED) is 0.837. The van der Waals surface area contributed by atoms with Gasteiger partial charge in [-0.3, -0.25) is 0 Å². The van der Waals surface area contributed by atoms with Gasteiger partial charge in [-0.2, -0.15) is 10.5 Å². The summed E-state index contributed by atoms with van der Waals surface area (Å²) >= 11 is 0. The van der Waals surface area contributed by atoms with Crippen LogP contribution in [0, 0.1) is 40.4 Å². The molecule has 0 aromatic heterocycles. The van der Waals surface area contributed by atoms with Crippen molar-refractivity contribution in [3.63, 3.8) is 0 Å². The summed E-state index contributed by atoms with van der Waals surface area (Å²) in [4.78, 5) is 4.25. The Morgan fingerprint density at radius 3 is 2.50 bits per heavy atom. The lowest BCUT2D eigenvalue weighted by molar-refractivity contribution is -0.184. The van der Waals surface area contributed by atoms with E-state index in [0.717, 1.165) is 11.1 Å². The van der Waals surface area contributed by atoms with Crippen LogP contribution < -0.4 is 5.73 Å². The van der Waals surface area contributed by atoms with Crippen molar-refractivity contribution in [2.24, 2.45) is 21.6 Å². The minimum Gasteiger partial charge on any atom is -0.386 e.